The van der Waals surface area contributed by atoms with Crippen molar-refractivity contribution in [1.29, 1.82) is 0 Å². The largest absolute Gasteiger partial charge is 0.508 e. The van der Waals surface area contributed by atoms with Crippen LogP contribution >= 0.6 is 0 Å². The molecule has 5 rings (SSSR count). The van der Waals surface area contributed by atoms with E-state index in [2.05, 4.69) is 62.4 Å². The third-order valence-electron chi connectivity index (χ3n) is 7.30. The lowest BCUT2D eigenvalue weighted by molar-refractivity contribution is -0.139. The molecule has 4 aromatic rings. The van der Waals surface area contributed by atoms with Crippen LogP contribution in [-0.4, -0.2) is 61.6 Å². The first-order valence-corrected chi connectivity index (χ1v) is 15.1. The summed E-state index contributed by atoms with van der Waals surface area (Å²) < 4.78 is 17.5. The van der Waals surface area contributed by atoms with Crippen molar-refractivity contribution in [3.05, 3.63) is 77.4 Å². The minimum atomic E-state index is -0.778. The van der Waals surface area contributed by atoms with E-state index >= 15 is 0 Å². The number of aryl methyl sites for hydroxylation is 2. The maximum atomic E-state index is 12.8. The van der Waals surface area contributed by atoms with E-state index in [4.69, 9.17) is 19.2 Å². The number of fused-ring (bicyclic) bond motifs is 1. The summed E-state index contributed by atoms with van der Waals surface area (Å²) in [6, 6.07) is 16.5. The summed E-state index contributed by atoms with van der Waals surface area (Å²) in [6.45, 7) is 6.12. The first-order chi connectivity index (χ1) is 21.4. The summed E-state index contributed by atoms with van der Waals surface area (Å²) >= 11 is 0. The SMILES string of the molecule is CCCc1nc2c(n1Cc1ccc(-c3ccccc3-c3nn[nH]n3)cc1)C(=CC(=O)OCCOC(=O)OC(C)C)CCCC2. The van der Waals surface area contributed by atoms with Gasteiger partial charge < -0.3 is 18.8 Å². The number of nitrogens with one attached hydrogen (secondary N) is 1. The number of allylic oxidation sites excluding steroid dienone is 1. The third kappa shape index (κ3) is 7.58. The van der Waals surface area contributed by atoms with Crippen LogP contribution < -0.4 is 0 Å². The maximum absolute atomic E-state index is 12.8. The highest BCUT2D eigenvalue weighted by Crippen LogP contribution is 2.33. The van der Waals surface area contributed by atoms with Crippen molar-refractivity contribution in [2.75, 3.05) is 13.2 Å². The second-order valence-electron chi connectivity index (χ2n) is 10.9. The lowest BCUT2D eigenvalue weighted by Crippen LogP contribution is -2.17. The number of H-pyrrole nitrogens is 1. The fourth-order valence-corrected chi connectivity index (χ4v) is 5.39. The van der Waals surface area contributed by atoms with Crippen LogP contribution in [0.5, 0.6) is 0 Å². The summed E-state index contributed by atoms with van der Waals surface area (Å²) in [4.78, 5) is 29.5. The van der Waals surface area contributed by atoms with Crippen molar-refractivity contribution in [2.24, 2.45) is 0 Å². The second kappa shape index (κ2) is 14.6. The monoisotopic (exact) mass is 598 g/mol. The molecule has 0 aliphatic heterocycles. The van der Waals surface area contributed by atoms with Gasteiger partial charge in [-0.15, -0.1) is 10.2 Å². The Kier molecular flexibility index (Phi) is 10.2. The molecule has 2 aromatic heterocycles. The normalized spacial score (nSPS) is 13.9. The molecule has 11 nitrogen and oxygen atoms in total. The Balaban J connectivity index is 1.36. The van der Waals surface area contributed by atoms with Gasteiger partial charge in [0.05, 0.1) is 17.5 Å². The Hall–Kier alpha value is -4.80. The van der Waals surface area contributed by atoms with Gasteiger partial charge in [-0.2, -0.15) is 5.21 Å². The number of carbonyl (C=O) groups excluding carboxylic acids is 2. The number of aromatic nitrogens is 6. The number of hydrogen-bond donors (Lipinski definition) is 1. The Morgan fingerprint density at radius 1 is 1.00 bits per heavy atom. The highest BCUT2D eigenvalue weighted by molar-refractivity contribution is 5.91. The molecular formula is C33H38N6O5. The van der Waals surface area contributed by atoms with Gasteiger partial charge >= 0.3 is 12.1 Å². The molecule has 0 bridgehead atoms. The molecule has 0 amide bonds. The number of benzene rings is 2. The highest BCUT2D eigenvalue weighted by atomic mass is 16.7. The third-order valence-corrected chi connectivity index (χ3v) is 7.30. The lowest BCUT2D eigenvalue weighted by atomic mass is 9.98. The van der Waals surface area contributed by atoms with Crippen LogP contribution in [-0.2, 0) is 38.4 Å². The van der Waals surface area contributed by atoms with E-state index in [1.54, 1.807) is 19.9 Å². The lowest BCUT2D eigenvalue weighted by Gasteiger charge is -2.15. The topological polar surface area (TPSA) is 134 Å². The minimum absolute atomic E-state index is 0.0504. The molecule has 2 aromatic carbocycles. The van der Waals surface area contributed by atoms with E-state index in [1.807, 2.05) is 18.2 Å². The first-order valence-electron chi connectivity index (χ1n) is 15.1. The molecule has 0 saturated heterocycles. The predicted octanol–water partition coefficient (Wildman–Crippen LogP) is 5.95. The Labute approximate surface area is 256 Å². The van der Waals surface area contributed by atoms with Crippen molar-refractivity contribution < 1.29 is 23.8 Å². The van der Waals surface area contributed by atoms with Gasteiger partial charge in [-0.25, -0.2) is 14.6 Å². The smallest absolute Gasteiger partial charge is 0.459 e. The van der Waals surface area contributed by atoms with Crippen molar-refractivity contribution in [1.82, 2.24) is 30.2 Å². The molecule has 0 atom stereocenters. The molecule has 0 saturated carbocycles. The molecule has 44 heavy (non-hydrogen) atoms. The zero-order chi connectivity index (χ0) is 30.9. The standard InChI is InChI=1S/C33H38N6O5/c1-4-9-29-34-28-13-8-5-10-25(20-30(40)42-18-19-43-33(41)44-22(2)3)31(28)39(29)21-23-14-16-24(17-15-23)26-11-6-7-12-27(26)32-35-37-38-36-32/h6-7,11-12,14-17,20,22H,4-5,8-10,13,18-19,21H2,1-3H3,(H,35,36,37,38). The van der Waals surface area contributed by atoms with Gasteiger partial charge in [-0.3, -0.25) is 0 Å². The molecule has 0 fully saturated rings. The molecule has 11 heteroatoms. The average molecular weight is 599 g/mol. The Morgan fingerprint density at radius 3 is 2.48 bits per heavy atom. The molecular weight excluding hydrogens is 560 g/mol. The molecule has 2 heterocycles. The van der Waals surface area contributed by atoms with E-state index < -0.39 is 12.1 Å². The Bertz CT molecular complexity index is 1590. The number of esters is 1. The first kappa shape index (κ1) is 30.7. The van der Waals surface area contributed by atoms with Gasteiger partial charge in [0, 0.05) is 24.6 Å². The number of tetrazole rings is 1. The number of aromatic amines is 1. The van der Waals surface area contributed by atoms with Crippen LogP contribution in [0.2, 0.25) is 0 Å². The minimum Gasteiger partial charge on any atom is -0.459 e. The van der Waals surface area contributed by atoms with Crippen LogP contribution in [0.25, 0.3) is 28.1 Å². The molecule has 230 valence electrons. The van der Waals surface area contributed by atoms with Gasteiger partial charge in [0.25, 0.3) is 0 Å². The van der Waals surface area contributed by atoms with Gasteiger partial charge in [0.15, 0.2) is 0 Å². The van der Waals surface area contributed by atoms with Gasteiger partial charge in [-0.1, -0.05) is 55.5 Å². The summed E-state index contributed by atoms with van der Waals surface area (Å²) in [5, 5.41) is 14.6. The number of rotatable bonds is 11. The molecule has 0 spiro atoms. The second-order valence-corrected chi connectivity index (χ2v) is 10.9. The zero-order valence-corrected chi connectivity index (χ0v) is 25.4. The van der Waals surface area contributed by atoms with E-state index in [1.165, 1.54) is 0 Å². The number of nitrogens with zero attached hydrogens (tertiary/aromatic N) is 5. The van der Waals surface area contributed by atoms with Crippen LogP contribution in [0.3, 0.4) is 0 Å². The van der Waals surface area contributed by atoms with Crippen LogP contribution in [0, 0.1) is 0 Å². The number of carbonyl (C=O) groups is 2. The fraction of sp³-hybridized carbons (Fsp3) is 0.394. The van der Waals surface area contributed by atoms with Crippen molar-refractivity contribution >= 4 is 17.7 Å². The summed E-state index contributed by atoms with van der Waals surface area (Å²) in [5.41, 5.74) is 7.05. The Morgan fingerprint density at radius 2 is 1.75 bits per heavy atom. The van der Waals surface area contributed by atoms with Crippen molar-refractivity contribution in [2.45, 2.75) is 71.9 Å². The van der Waals surface area contributed by atoms with Crippen LogP contribution in [0.1, 0.15) is 69.2 Å². The van der Waals surface area contributed by atoms with Crippen molar-refractivity contribution in [3.8, 4) is 22.5 Å². The molecule has 1 aliphatic rings. The summed E-state index contributed by atoms with van der Waals surface area (Å²) in [5.74, 6) is 1.10. The van der Waals surface area contributed by atoms with E-state index in [9.17, 15) is 9.59 Å². The number of ether oxygens (including phenoxy) is 3. The quantitative estimate of drug-likeness (QED) is 0.0962. The van der Waals surface area contributed by atoms with E-state index in [-0.39, 0.29) is 19.3 Å². The van der Waals surface area contributed by atoms with Gasteiger partial charge in [0.2, 0.25) is 5.82 Å². The van der Waals surface area contributed by atoms with Gasteiger partial charge in [0.1, 0.15) is 19.0 Å². The van der Waals surface area contributed by atoms with E-state index in [0.29, 0.717) is 12.4 Å². The zero-order valence-electron chi connectivity index (χ0n) is 25.4. The van der Waals surface area contributed by atoms with Crippen LogP contribution in [0.15, 0.2) is 54.6 Å². The summed E-state index contributed by atoms with van der Waals surface area (Å²) in [7, 11) is 0. The number of hydrogen-bond acceptors (Lipinski definition) is 9. The average Bonchev–Trinajstić information content (AvgIpc) is 3.61. The van der Waals surface area contributed by atoms with Crippen molar-refractivity contribution in [3.63, 3.8) is 0 Å². The number of imidazole rings is 1. The summed E-state index contributed by atoms with van der Waals surface area (Å²) in [6.07, 6.45) is 5.89. The van der Waals surface area contributed by atoms with Gasteiger partial charge in [-0.05, 0) is 73.4 Å². The van der Waals surface area contributed by atoms with Crippen LogP contribution in [0.4, 0.5) is 4.79 Å². The molecule has 0 unspecified atom stereocenters. The molecule has 0 radical (unpaired) electrons. The molecule has 1 N–H and O–H groups in total. The molecule has 1 aliphatic carbocycles. The highest BCUT2D eigenvalue weighted by Gasteiger charge is 2.23. The predicted molar refractivity (Wildman–Crippen MR) is 164 cm³/mol. The maximum Gasteiger partial charge on any atom is 0.508 e. The fourth-order valence-electron chi connectivity index (χ4n) is 5.39. The van der Waals surface area contributed by atoms with E-state index in [0.717, 1.165) is 83.6 Å².